The summed E-state index contributed by atoms with van der Waals surface area (Å²) in [5, 5.41) is 15.2. The Kier molecular flexibility index (Phi) is 10.5. The van der Waals surface area contributed by atoms with Crippen molar-refractivity contribution < 1.29 is 0 Å². The standard InChI is InChI=1S/C80H59B2N3S/c1-79(2,3)48-40-72-77-73(41-48)85(52-37-39-62-58-29-13-11-25-54(58)56-27-15-17-31-60(56)64(62)45-52)71-47-70-68(82-66-33-19-21-35-75(66)86-76-43-49(80(4,5)6)42-74(78(76)82)83(70)50-22-8-7-9-23-50)46-67(71)81(77)65-32-18-20-34-69(65)84(72)51-36-38-61-57-28-12-10-24-53(57)55-26-14-16-30-59(55)63(61)44-51/h7-47H,1-6H3. The zero-order valence-electron chi connectivity index (χ0n) is 49.1. The van der Waals surface area contributed by atoms with Gasteiger partial charge in [0.05, 0.1) is 0 Å². The third-order valence-electron chi connectivity index (χ3n) is 19.5. The number of para-hydroxylation sites is 2. The van der Waals surface area contributed by atoms with Gasteiger partial charge in [0.25, 0.3) is 6.71 Å². The van der Waals surface area contributed by atoms with Gasteiger partial charge in [0.1, 0.15) is 0 Å². The van der Waals surface area contributed by atoms with Crippen LogP contribution < -0.4 is 47.5 Å². The molecule has 0 saturated carbocycles. The van der Waals surface area contributed by atoms with Gasteiger partial charge < -0.3 is 14.7 Å². The van der Waals surface area contributed by atoms with Crippen molar-refractivity contribution in [3.05, 3.63) is 260 Å². The monoisotopic (exact) mass is 1120 g/mol. The van der Waals surface area contributed by atoms with Crippen molar-refractivity contribution in [2.24, 2.45) is 0 Å². The van der Waals surface area contributed by atoms with Crippen LogP contribution in [0.4, 0.5) is 51.2 Å². The first-order valence-electron chi connectivity index (χ1n) is 30.5. The first-order chi connectivity index (χ1) is 41.9. The zero-order chi connectivity index (χ0) is 57.5. The molecule has 4 heterocycles. The number of hydrogen-bond donors (Lipinski definition) is 0. The third kappa shape index (κ3) is 7.08. The first kappa shape index (κ1) is 49.9. The van der Waals surface area contributed by atoms with Gasteiger partial charge in [-0.3, -0.25) is 0 Å². The highest BCUT2D eigenvalue weighted by Gasteiger charge is 2.48. The van der Waals surface area contributed by atoms with E-state index < -0.39 is 0 Å². The van der Waals surface area contributed by atoms with E-state index in [1.165, 1.54) is 152 Å². The molecule has 4 aliphatic rings. The van der Waals surface area contributed by atoms with Crippen LogP contribution in [0.1, 0.15) is 52.7 Å². The number of benzene rings is 14. The highest BCUT2D eigenvalue weighted by atomic mass is 32.2. The Morgan fingerprint density at radius 2 is 0.640 bits per heavy atom. The van der Waals surface area contributed by atoms with Crippen molar-refractivity contribution in [3.63, 3.8) is 0 Å². The second-order valence-corrected chi connectivity index (χ2v) is 27.4. The van der Waals surface area contributed by atoms with E-state index in [2.05, 4.69) is 305 Å². The smallest absolute Gasteiger partial charge is 0.252 e. The summed E-state index contributed by atoms with van der Waals surface area (Å²) in [6.45, 7) is 14.1. The molecule has 0 bridgehead atoms. The molecule has 6 heteroatoms. The minimum Gasteiger partial charge on any atom is -0.311 e. The molecular formula is C80H59B2N3S. The van der Waals surface area contributed by atoms with Gasteiger partial charge in [0, 0.05) is 61.0 Å². The average Bonchev–Trinajstić information content (AvgIpc) is 0.709. The van der Waals surface area contributed by atoms with Crippen LogP contribution in [0.15, 0.2) is 259 Å². The van der Waals surface area contributed by atoms with Gasteiger partial charge in [-0.2, -0.15) is 0 Å². The van der Waals surface area contributed by atoms with Crippen LogP contribution in [0.25, 0.3) is 64.6 Å². The van der Waals surface area contributed by atoms with Crippen molar-refractivity contribution in [1.29, 1.82) is 0 Å². The lowest BCUT2D eigenvalue weighted by atomic mass is 9.30. The molecule has 0 fully saturated rings. The highest BCUT2D eigenvalue weighted by Crippen LogP contribution is 2.51. The maximum atomic E-state index is 2.68. The minimum absolute atomic E-state index is 0.00321. The fourth-order valence-corrected chi connectivity index (χ4v) is 16.7. The maximum absolute atomic E-state index is 2.68. The Bertz CT molecular complexity index is 5220. The molecule has 4 aliphatic heterocycles. The highest BCUT2D eigenvalue weighted by molar-refractivity contribution is 8.00. The topological polar surface area (TPSA) is 9.72 Å². The molecule has 86 heavy (non-hydrogen) atoms. The van der Waals surface area contributed by atoms with Gasteiger partial charge in [-0.1, -0.05) is 229 Å². The molecule has 0 amide bonds. The second-order valence-electron chi connectivity index (χ2n) is 26.4. The van der Waals surface area contributed by atoms with Crippen molar-refractivity contribution in [2.75, 3.05) is 14.7 Å². The molecule has 0 aliphatic carbocycles. The molecule has 0 spiro atoms. The first-order valence-corrected chi connectivity index (χ1v) is 31.3. The Morgan fingerprint density at radius 3 is 1.15 bits per heavy atom. The lowest BCUT2D eigenvalue weighted by Gasteiger charge is -2.47. The van der Waals surface area contributed by atoms with Crippen LogP contribution in [-0.4, -0.2) is 13.4 Å². The van der Waals surface area contributed by atoms with Crippen molar-refractivity contribution in [2.45, 2.75) is 62.2 Å². The molecule has 0 aromatic heterocycles. The summed E-state index contributed by atoms with van der Waals surface area (Å²) >= 11 is 1.94. The summed E-state index contributed by atoms with van der Waals surface area (Å²) in [4.78, 5) is 10.6. The summed E-state index contributed by atoms with van der Waals surface area (Å²) in [5.74, 6) is 0. The number of nitrogens with zero attached hydrogens (tertiary/aromatic N) is 3. The third-order valence-corrected chi connectivity index (χ3v) is 20.6. The molecule has 0 saturated heterocycles. The van der Waals surface area contributed by atoms with E-state index in [-0.39, 0.29) is 24.3 Å². The Labute approximate surface area is 507 Å². The average molecular weight is 1120 g/mol. The Morgan fingerprint density at radius 1 is 0.256 bits per heavy atom. The summed E-state index contributed by atoms with van der Waals surface area (Å²) in [7, 11) is 0. The van der Waals surface area contributed by atoms with Gasteiger partial charge in [-0.25, -0.2) is 0 Å². The predicted molar refractivity (Wildman–Crippen MR) is 373 cm³/mol. The van der Waals surface area contributed by atoms with Crippen LogP contribution in [0, 0.1) is 0 Å². The van der Waals surface area contributed by atoms with Gasteiger partial charge in [0.2, 0.25) is 6.71 Å². The van der Waals surface area contributed by atoms with E-state index in [4.69, 9.17) is 0 Å². The summed E-state index contributed by atoms with van der Waals surface area (Å²) in [6, 6.07) is 95.7. The molecule has 0 N–H and O–H groups in total. The molecule has 406 valence electrons. The van der Waals surface area contributed by atoms with E-state index >= 15 is 0 Å². The zero-order valence-corrected chi connectivity index (χ0v) is 49.9. The van der Waals surface area contributed by atoms with E-state index in [0.717, 1.165) is 17.1 Å². The van der Waals surface area contributed by atoms with Gasteiger partial charge in [-0.15, -0.1) is 0 Å². The largest absolute Gasteiger partial charge is 0.311 e. The molecule has 14 aromatic rings. The quantitative estimate of drug-likeness (QED) is 0.129. The van der Waals surface area contributed by atoms with E-state index in [1.54, 1.807) is 0 Å². The summed E-state index contributed by atoms with van der Waals surface area (Å²) in [5.41, 5.74) is 21.1. The molecule has 14 aromatic carbocycles. The molecule has 0 unspecified atom stereocenters. The molecule has 18 rings (SSSR count). The number of hydrogen-bond acceptors (Lipinski definition) is 4. The number of fused-ring (bicyclic) bond motifs is 20. The fraction of sp³-hybridized carbons (Fsp3) is 0.100. The van der Waals surface area contributed by atoms with E-state index in [9.17, 15) is 0 Å². The van der Waals surface area contributed by atoms with Crippen molar-refractivity contribution in [3.8, 4) is 0 Å². The summed E-state index contributed by atoms with van der Waals surface area (Å²) in [6.07, 6.45) is 0. The van der Waals surface area contributed by atoms with Crippen LogP contribution >= 0.6 is 11.8 Å². The minimum atomic E-state index is -0.203. The number of rotatable bonds is 3. The molecular weight excluding hydrogens is 1060 g/mol. The van der Waals surface area contributed by atoms with Gasteiger partial charge in [-0.05, 0) is 193 Å². The van der Waals surface area contributed by atoms with Crippen LogP contribution in [0.3, 0.4) is 0 Å². The van der Waals surface area contributed by atoms with E-state index in [0.29, 0.717) is 0 Å². The Hall–Kier alpha value is -9.48. The summed E-state index contributed by atoms with van der Waals surface area (Å²) < 4.78 is 0. The maximum Gasteiger partial charge on any atom is 0.252 e. The molecule has 0 radical (unpaired) electrons. The predicted octanol–water partition coefficient (Wildman–Crippen LogP) is 18.0. The van der Waals surface area contributed by atoms with Crippen LogP contribution in [-0.2, 0) is 10.8 Å². The van der Waals surface area contributed by atoms with Crippen LogP contribution in [0.5, 0.6) is 0 Å². The van der Waals surface area contributed by atoms with Gasteiger partial charge in [0.15, 0.2) is 0 Å². The molecule has 0 atom stereocenters. The van der Waals surface area contributed by atoms with Crippen molar-refractivity contribution in [1.82, 2.24) is 0 Å². The van der Waals surface area contributed by atoms with Crippen molar-refractivity contribution >= 4 is 174 Å². The molecule has 3 nitrogen and oxygen atoms in total. The van der Waals surface area contributed by atoms with E-state index in [1.807, 2.05) is 11.8 Å². The number of anilines is 9. The van der Waals surface area contributed by atoms with Gasteiger partial charge >= 0.3 is 0 Å². The normalized spacial score (nSPS) is 14.0. The lowest BCUT2D eigenvalue weighted by molar-refractivity contribution is 0.589. The second kappa shape index (κ2) is 18.0. The fourth-order valence-electron chi connectivity index (χ4n) is 15.5. The van der Waals surface area contributed by atoms with Crippen LogP contribution in [0.2, 0.25) is 0 Å². The Balaban J connectivity index is 0.975. The SMILES string of the molecule is CC(C)(C)c1cc2c3c(c1)N(c1ccccc1)c1cc4c(cc1B3c1ccccc1S2)B1c2ccccc2N(c2ccc3c5ccccc5c5ccccc5c3c2)c2cc(C(C)(C)C)cc(c21)N4c1ccc2c3ccccc3c3ccccc3c2c1. The lowest BCUT2D eigenvalue weighted by Crippen LogP contribution is -2.64.